The maximum absolute atomic E-state index is 12.9. The molecule has 0 saturated carbocycles. The van der Waals surface area contributed by atoms with Gasteiger partial charge in [-0.05, 0) is 68.6 Å². The molecule has 1 aromatic heterocycles. The molecule has 3 N–H and O–H groups in total. The van der Waals surface area contributed by atoms with Crippen LogP contribution in [0.25, 0.3) is 0 Å². The van der Waals surface area contributed by atoms with Crippen molar-refractivity contribution in [3.63, 3.8) is 0 Å². The highest BCUT2D eigenvalue weighted by atomic mass is 32.2. The molecule has 1 atom stereocenters. The molecule has 2 aliphatic rings. The maximum atomic E-state index is 12.9. The summed E-state index contributed by atoms with van der Waals surface area (Å²) in [6.07, 6.45) is 7.15. The molecule has 178 valence electrons. The SMILES string of the molecule is CC1C=C(CNc2ncc(N([O-])O)c(NCC3CCN(C)CC3)n2)C(SC(F)(F)F)=CC1. The van der Waals surface area contributed by atoms with Gasteiger partial charge in [0.15, 0.2) is 5.82 Å². The van der Waals surface area contributed by atoms with E-state index in [1.165, 1.54) is 6.20 Å². The average Bonchev–Trinajstić information content (AvgIpc) is 2.72. The number of nitrogens with one attached hydrogen (secondary N) is 2. The van der Waals surface area contributed by atoms with E-state index in [1.54, 1.807) is 6.08 Å². The van der Waals surface area contributed by atoms with Gasteiger partial charge in [-0.15, -0.1) is 0 Å². The van der Waals surface area contributed by atoms with Crippen LogP contribution in [0.5, 0.6) is 0 Å². The molecule has 0 aromatic carbocycles. The van der Waals surface area contributed by atoms with E-state index in [0.717, 1.165) is 25.9 Å². The number of likely N-dealkylation sites (tertiary alicyclic amines) is 1. The van der Waals surface area contributed by atoms with Crippen LogP contribution in [-0.4, -0.2) is 58.8 Å². The summed E-state index contributed by atoms with van der Waals surface area (Å²) in [5, 5.41) is 26.6. The summed E-state index contributed by atoms with van der Waals surface area (Å²) in [5.41, 5.74) is -3.97. The number of thioether (sulfide) groups is 1. The summed E-state index contributed by atoms with van der Waals surface area (Å²) in [6, 6.07) is 0. The van der Waals surface area contributed by atoms with E-state index in [1.807, 2.05) is 13.0 Å². The largest absolute Gasteiger partial charge is 0.733 e. The number of hydrogen-bond acceptors (Lipinski definition) is 9. The van der Waals surface area contributed by atoms with Crippen molar-refractivity contribution < 1.29 is 18.4 Å². The lowest BCUT2D eigenvalue weighted by atomic mass is 9.97. The molecule has 12 heteroatoms. The Labute approximate surface area is 189 Å². The third-order valence-corrected chi connectivity index (χ3v) is 6.39. The van der Waals surface area contributed by atoms with Gasteiger partial charge in [0.05, 0.1) is 6.20 Å². The van der Waals surface area contributed by atoms with Crippen LogP contribution in [-0.2, 0) is 0 Å². The highest BCUT2D eigenvalue weighted by molar-refractivity contribution is 8.04. The summed E-state index contributed by atoms with van der Waals surface area (Å²) in [7, 11) is 2.07. The fourth-order valence-electron chi connectivity index (χ4n) is 3.71. The molecule has 2 heterocycles. The summed E-state index contributed by atoms with van der Waals surface area (Å²) >= 11 is -0.128. The molecule has 1 saturated heterocycles. The number of anilines is 3. The van der Waals surface area contributed by atoms with E-state index in [4.69, 9.17) is 0 Å². The Hall–Kier alpha value is -2.02. The molecule has 8 nitrogen and oxygen atoms in total. The number of aromatic nitrogens is 2. The van der Waals surface area contributed by atoms with E-state index < -0.39 is 5.51 Å². The van der Waals surface area contributed by atoms with Crippen LogP contribution in [0.4, 0.5) is 30.6 Å². The zero-order chi connectivity index (χ0) is 23.3. The summed E-state index contributed by atoms with van der Waals surface area (Å²) in [5.74, 6) is 0.857. The van der Waals surface area contributed by atoms with Crippen molar-refractivity contribution in [2.75, 3.05) is 49.1 Å². The molecule has 1 unspecified atom stereocenters. The second-order valence-electron chi connectivity index (χ2n) is 8.20. The Bertz CT molecular complexity index is 841. The molecule has 0 radical (unpaired) electrons. The van der Waals surface area contributed by atoms with Crippen LogP contribution in [0.15, 0.2) is 28.8 Å². The van der Waals surface area contributed by atoms with Gasteiger partial charge < -0.3 is 26.0 Å². The predicted molar refractivity (Wildman–Crippen MR) is 120 cm³/mol. The lowest BCUT2D eigenvalue weighted by molar-refractivity contribution is -0.0321. The minimum atomic E-state index is -4.37. The second kappa shape index (κ2) is 10.7. The van der Waals surface area contributed by atoms with Gasteiger partial charge in [0.2, 0.25) is 5.95 Å². The lowest BCUT2D eigenvalue weighted by Crippen LogP contribution is -2.33. The standard InChI is InChI=1S/C20H28F3N6O2S/c1-13-3-4-17(32-20(21,22)23)15(9-13)11-25-19-26-12-16(29(30)31)18(27-19)24-10-14-5-7-28(2)8-6-14/h4,9,12-14,30H,3,5-8,10-11H2,1-2H3,(H2,24,25,26,27)/q-1. The van der Waals surface area contributed by atoms with E-state index in [2.05, 4.69) is 32.5 Å². The topological polar surface area (TPSA) is 99.6 Å². The van der Waals surface area contributed by atoms with E-state index in [0.29, 0.717) is 24.5 Å². The summed E-state index contributed by atoms with van der Waals surface area (Å²) in [4.78, 5) is 10.7. The molecule has 1 aliphatic heterocycles. The van der Waals surface area contributed by atoms with Gasteiger partial charge in [-0.25, -0.2) is 4.98 Å². The van der Waals surface area contributed by atoms with Gasteiger partial charge in [0.25, 0.3) is 0 Å². The third kappa shape index (κ3) is 7.26. The first-order chi connectivity index (χ1) is 15.1. The Kier molecular flexibility index (Phi) is 8.26. The van der Waals surface area contributed by atoms with Crippen LogP contribution in [0.2, 0.25) is 0 Å². The summed E-state index contributed by atoms with van der Waals surface area (Å²) in [6.45, 7) is 4.60. The van der Waals surface area contributed by atoms with Gasteiger partial charge >= 0.3 is 5.51 Å². The van der Waals surface area contributed by atoms with Crippen LogP contribution in [0, 0.1) is 17.0 Å². The van der Waals surface area contributed by atoms with Crippen LogP contribution < -0.4 is 15.9 Å². The van der Waals surface area contributed by atoms with Crippen molar-refractivity contribution in [2.45, 2.75) is 31.7 Å². The van der Waals surface area contributed by atoms with Crippen molar-refractivity contribution in [3.8, 4) is 0 Å². The maximum Gasteiger partial charge on any atom is 0.446 e. The zero-order valence-corrected chi connectivity index (χ0v) is 18.8. The van der Waals surface area contributed by atoms with Gasteiger partial charge in [0.1, 0.15) is 5.69 Å². The minimum Gasteiger partial charge on any atom is -0.733 e. The normalized spacial score (nSPS) is 20.5. The van der Waals surface area contributed by atoms with Crippen LogP contribution in [0.3, 0.4) is 0 Å². The molecule has 32 heavy (non-hydrogen) atoms. The number of allylic oxidation sites excluding steroid dienone is 2. The average molecular weight is 474 g/mol. The van der Waals surface area contributed by atoms with Gasteiger partial charge in [-0.1, -0.05) is 19.1 Å². The molecular weight excluding hydrogens is 445 g/mol. The molecule has 1 aromatic rings. The Morgan fingerprint density at radius 2 is 2.03 bits per heavy atom. The quantitative estimate of drug-likeness (QED) is 0.473. The van der Waals surface area contributed by atoms with Gasteiger partial charge in [0, 0.05) is 18.0 Å². The van der Waals surface area contributed by atoms with Crippen molar-refractivity contribution in [2.24, 2.45) is 11.8 Å². The summed E-state index contributed by atoms with van der Waals surface area (Å²) < 4.78 is 38.7. The Balaban J connectivity index is 1.67. The zero-order valence-electron chi connectivity index (χ0n) is 18.0. The van der Waals surface area contributed by atoms with Crippen LogP contribution in [0.1, 0.15) is 26.2 Å². The Morgan fingerprint density at radius 1 is 1.31 bits per heavy atom. The molecule has 3 rings (SSSR count). The first-order valence-corrected chi connectivity index (χ1v) is 11.3. The predicted octanol–water partition coefficient (Wildman–Crippen LogP) is 4.44. The number of alkyl halides is 3. The molecule has 0 spiro atoms. The van der Waals surface area contributed by atoms with Crippen molar-refractivity contribution in [3.05, 3.63) is 34.0 Å². The monoisotopic (exact) mass is 473 g/mol. The first kappa shape index (κ1) is 24.6. The number of hydrogen-bond donors (Lipinski definition) is 3. The molecular formula is C20H28F3N6O2S-. The molecule has 0 bridgehead atoms. The van der Waals surface area contributed by atoms with E-state index in [9.17, 15) is 23.6 Å². The molecule has 0 amide bonds. The van der Waals surface area contributed by atoms with Gasteiger partial charge in [-0.2, -0.15) is 18.2 Å². The number of nitrogens with zero attached hydrogens (tertiary/aromatic N) is 4. The smallest absolute Gasteiger partial charge is 0.446 e. The highest BCUT2D eigenvalue weighted by Gasteiger charge is 2.32. The van der Waals surface area contributed by atoms with E-state index >= 15 is 0 Å². The van der Waals surface area contributed by atoms with Crippen molar-refractivity contribution in [1.82, 2.24) is 14.9 Å². The second-order valence-corrected chi connectivity index (χ2v) is 9.31. The molecule has 1 aliphatic carbocycles. The lowest BCUT2D eigenvalue weighted by Gasteiger charge is -2.30. The molecule has 1 fully saturated rings. The van der Waals surface area contributed by atoms with Crippen molar-refractivity contribution in [1.29, 1.82) is 0 Å². The number of piperidine rings is 1. The Morgan fingerprint density at radius 3 is 2.69 bits per heavy atom. The van der Waals surface area contributed by atoms with E-state index in [-0.39, 0.29) is 51.8 Å². The van der Waals surface area contributed by atoms with Crippen LogP contribution >= 0.6 is 11.8 Å². The number of rotatable bonds is 8. The van der Waals surface area contributed by atoms with Gasteiger partial charge in [-0.3, -0.25) is 5.21 Å². The fraction of sp³-hybridized carbons (Fsp3) is 0.600. The first-order valence-electron chi connectivity index (χ1n) is 10.5. The van der Waals surface area contributed by atoms with Crippen molar-refractivity contribution >= 4 is 29.2 Å². The third-order valence-electron chi connectivity index (χ3n) is 5.51. The minimum absolute atomic E-state index is 0.104. The highest BCUT2D eigenvalue weighted by Crippen LogP contribution is 2.42. The fourth-order valence-corrected chi connectivity index (χ4v) is 4.41. The number of halogens is 3.